The van der Waals surface area contributed by atoms with Crippen molar-refractivity contribution in [2.45, 2.75) is 38.5 Å². The Labute approximate surface area is 98.3 Å². The molecule has 0 saturated carbocycles. The molecule has 0 amide bonds. The van der Waals surface area contributed by atoms with E-state index in [2.05, 4.69) is 35.1 Å². The van der Waals surface area contributed by atoms with Gasteiger partial charge in [0.15, 0.2) is 4.67 Å². The molecule has 0 bridgehead atoms. The summed E-state index contributed by atoms with van der Waals surface area (Å²) in [6.45, 7) is 5.07. The van der Waals surface area contributed by atoms with Crippen LogP contribution in [0.2, 0.25) is 0 Å². The Morgan fingerprint density at radius 2 is 2.33 bits per heavy atom. The van der Waals surface area contributed by atoms with Crippen LogP contribution in [0, 0.1) is 0 Å². The number of halogens is 1. The van der Waals surface area contributed by atoms with Crippen molar-refractivity contribution in [1.82, 2.24) is 5.32 Å². The number of nitrogens with one attached hydrogen (secondary N) is 1. The van der Waals surface area contributed by atoms with E-state index in [-0.39, 0.29) is 6.04 Å². The lowest BCUT2D eigenvalue weighted by Gasteiger charge is -2.20. The van der Waals surface area contributed by atoms with E-state index in [0.717, 1.165) is 23.5 Å². The van der Waals surface area contributed by atoms with Crippen molar-refractivity contribution in [2.75, 3.05) is 6.61 Å². The summed E-state index contributed by atoms with van der Waals surface area (Å²) in [4.78, 5) is 0. The molecule has 3 unspecified atom stereocenters. The molecule has 3 nitrogen and oxygen atoms in total. The van der Waals surface area contributed by atoms with Gasteiger partial charge in [-0.3, -0.25) is 0 Å². The summed E-state index contributed by atoms with van der Waals surface area (Å²) in [7, 11) is 0. The van der Waals surface area contributed by atoms with Gasteiger partial charge in [-0.15, -0.1) is 0 Å². The molecule has 1 fully saturated rings. The predicted molar refractivity (Wildman–Crippen MR) is 61.8 cm³/mol. The van der Waals surface area contributed by atoms with E-state index in [1.165, 1.54) is 0 Å². The van der Waals surface area contributed by atoms with Gasteiger partial charge in [-0.25, -0.2) is 0 Å². The van der Waals surface area contributed by atoms with Crippen molar-refractivity contribution >= 4 is 15.9 Å². The topological polar surface area (TPSA) is 34.4 Å². The summed E-state index contributed by atoms with van der Waals surface area (Å²) in [5.74, 6) is 0.959. The van der Waals surface area contributed by atoms with Crippen molar-refractivity contribution in [3.63, 3.8) is 0 Å². The van der Waals surface area contributed by atoms with Crippen molar-refractivity contribution in [2.24, 2.45) is 0 Å². The number of ether oxygens (including phenoxy) is 1. The number of rotatable bonds is 3. The van der Waals surface area contributed by atoms with Crippen LogP contribution in [0.15, 0.2) is 21.2 Å². The predicted octanol–water partition coefficient (Wildman–Crippen LogP) is 2.87. The average Bonchev–Trinajstić information content (AvgIpc) is 2.77. The zero-order valence-corrected chi connectivity index (χ0v) is 10.6. The smallest absolute Gasteiger partial charge is 0.169 e. The third-order valence-electron chi connectivity index (χ3n) is 2.86. The first-order chi connectivity index (χ1) is 7.16. The standard InChI is InChI=1S/C11H16BrNO2/c1-7(10-3-4-11(12)15-10)13-9-5-6-14-8(9)2/h3-4,7-9,13H,5-6H2,1-2H3. The second-order valence-corrected chi connectivity index (χ2v) is 4.78. The molecule has 1 aliphatic heterocycles. The Kier molecular flexibility index (Phi) is 3.49. The zero-order valence-electron chi connectivity index (χ0n) is 9.00. The Morgan fingerprint density at radius 1 is 1.53 bits per heavy atom. The molecule has 0 aromatic carbocycles. The Balaban J connectivity index is 1.94. The highest BCUT2D eigenvalue weighted by molar-refractivity contribution is 9.10. The summed E-state index contributed by atoms with van der Waals surface area (Å²) < 4.78 is 11.8. The van der Waals surface area contributed by atoms with Crippen LogP contribution < -0.4 is 5.32 Å². The minimum Gasteiger partial charge on any atom is -0.453 e. The van der Waals surface area contributed by atoms with Gasteiger partial charge in [0.1, 0.15) is 5.76 Å². The molecule has 2 rings (SSSR count). The third kappa shape index (κ3) is 2.62. The van der Waals surface area contributed by atoms with E-state index in [9.17, 15) is 0 Å². The minimum atomic E-state index is 0.227. The van der Waals surface area contributed by atoms with Crippen LogP contribution >= 0.6 is 15.9 Å². The van der Waals surface area contributed by atoms with E-state index in [4.69, 9.17) is 9.15 Å². The quantitative estimate of drug-likeness (QED) is 0.920. The van der Waals surface area contributed by atoms with Crippen LogP contribution in [0.25, 0.3) is 0 Å². The fourth-order valence-electron chi connectivity index (χ4n) is 1.91. The maximum absolute atomic E-state index is 5.51. The molecule has 1 N–H and O–H groups in total. The lowest BCUT2D eigenvalue weighted by Crippen LogP contribution is -2.36. The number of furan rings is 1. The normalized spacial score (nSPS) is 28.2. The molecule has 1 aromatic heterocycles. The molecule has 2 heterocycles. The molecule has 3 atom stereocenters. The van der Waals surface area contributed by atoms with Crippen LogP contribution in [0.3, 0.4) is 0 Å². The van der Waals surface area contributed by atoms with Gasteiger partial charge in [-0.1, -0.05) is 0 Å². The highest BCUT2D eigenvalue weighted by atomic mass is 79.9. The van der Waals surface area contributed by atoms with Crippen molar-refractivity contribution in [3.8, 4) is 0 Å². The van der Waals surface area contributed by atoms with Gasteiger partial charge in [0.2, 0.25) is 0 Å². The van der Waals surface area contributed by atoms with E-state index >= 15 is 0 Å². The van der Waals surface area contributed by atoms with Crippen molar-refractivity contribution in [1.29, 1.82) is 0 Å². The number of hydrogen-bond donors (Lipinski definition) is 1. The van der Waals surface area contributed by atoms with Crippen molar-refractivity contribution < 1.29 is 9.15 Å². The van der Waals surface area contributed by atoms with Gasteiger partial charge in [-0.2, -0.15) is 0 Å². The molecule has 0 spiro atoms. The molecular formula is C11H16BrNO2. The maximum Gasteiger partial charge on any atom is 0.169 e. The minimum absolute atomic E-state index is 0.227. The lowest BCUT2D eigenvalue weighted by molar-refractivity contribution is 0.110. The maximum atomic E-state index is 5.51. The molecular weight excluding hydrogens is 258 g/mol. The molecule has 84 valence electrons. The molecule has 1 aromatic rings. The summed E-state index contributed by atoms with van der Waals surface area (Å²) in [6.07, 6.45) is 1.37. The monoisotopic (exact) mass is 273 g/mol. The Morgan fingerprint density at radius 3 is 2.87 bits per heavy atom. The first-order valence-electron chi connectivity index (χ1n) is 5.29. The van der Waals surface area contributed by atoms with Crippen LogP contribution in [-0.4, -0.2) is 18.8 Å². The molecule has 0 radical (unpaired) electrons. The summed E-state index contributed by atoms with van der Waals surface area (Å²) >= 11 is 3.31. The zero-order chi connectivity index (χ0) is 10.8. The summed E-state index contributed by atoms with van der Waals surface area (Å²) in [5.41, 5.74) is 0. The first-order valence-corrected chi connectivity index (χ1v) is 6.09. The molecule has 4 heteroatoms. The summed E-state index contributed by atoms with van der Waals surface area (Å²) in [5, 5.41) is 3.52. The van der Waals surface area contributed by atoms with Crippen LogP contribution in [0.5, 0.6) is 0 Å². The third-order valence-corrected chi connectivity index (χ3v) is 3.29. The molecule has 1 saturated heterocycles. The largest absolute Gasteiger partial charge is 0.453 e. The summed E-state index contributed by atoms with van der Waals surface area (Å²) in [6, 6.07) is 4.57. The fourth-order valence-corrected chi connectivity index (χ4v) is 2.23. The molecule has 15 heavy (non-hydrogen) atoms. The fraction of sp³-hybridized carbons (Fsp3) is 0.636. The lowest BCUT2D eigenvalue weighted by atomic mass is 10.1. The Bertz CT molecular complexity index is 326. The van der Waals surface area contributed by atoms with E-state index in [1.54, 1.807) is 0 Å². The van der Waals surface area contributed by atoms with E-state index in [1.807, 2.05) is 12.1 Å². The van der Waals surface area contributed by atoms with E-state index in [0.29, 0.717) is 12.1 Å². The van der Waals surface area contributed by atoms with Gasteiger partial charge >= 0.3 is 0 Å². The highest BCUT2D eigenvalue weighted by Crippen LogP contribution is 2.22. The van der Waals surface area contributed by atoms with Crippen LogP contribution in [0.1, 0.15) is 32.1 Å². The van der Waals surface area contributed by atoms with E-state index < -0.39 is 0 Å². The van der Waals surface area contributed by atoms with Gasteiger partial charge < -0.3 is 14.5 Å². The highest BCUT2D eigenvalue weighted by Gasteiger charge is 2.26. The first kappa shape index (κ1) is 11.2. The second-order valence-electron chi connectivity index (χ2n) is 4.00. The second kappa shape index (κ2) is 4.68. The Hall–Kier alpha value is -0.320. The molecule has 1 aliphatic rings. The van der Waals surface area contributed by atoms with Gasteiger partial charge in [0, 0.05) is 12.6 Å². The number of hydrogen-bond acceptors (Lipinski definition) is 3. The molecule has 0 aliphatic carbocycles. The van der Waals surface area contributed by atoms with Crippen molar-refractivity contribution in [3.05, 3.63) is 22.6 Å². The van der Waals surface area contributed by atoms with Gasteiger partial charge in [0.05, 0.1) is 12.1 Å². The van der Waals surface area contributed by atoms with Crippen LogP contribution in [-0.2, 0) is 4.74 Å². The van der Waals surface area contributed by atoms with Gasteiger partial charge in [0.25, 0.3) is 0 Å². The SMILES string of the molecule is CC(NC1CCOC1C)c1ccc(Br)o1. The average molecular weight is 274 g/mol. The van der Waals surface area contributed by atoms with Crippen LogP contribution in [0.4, 0.5) is 0 Å². The van der Waals surface area contributed by atoms with Gasteiger partial charge in [-0.05, 0) is 48.3 Å².